The van der Waals surface area contributed by atoms with Crippen molar-refractivity contribution in [3.8, 4) is 0 Å². The minimum absolute atomic E-state index is 0.205. The Hall–Kier alpha value is -1.40. The third-order valence-corrected chi connectivity index (χ3v) is 2.71. The second kappa shape index (κ2) is 4.23. The number of hydrogen-bond acceptors (Lipinski definition) is 4. The monoisotopic (exact) mass is 225 g/mol. The molecule has 1 aromatic rings. The molecule has 0 bridgehead atoms. The van der Waals surface area contributed by atoms with Crippen molar-refractivity contribution in [1.29, 1.82) is 0 Å². The Morgan fingerprint density at radius 1 is 1.81 bits per heavy atom. The van der Waals surface area contributed by atoms with Gasteiger partial charge in [-0.25, -0.2) is 0 Å². The number of rotatable bonds is 3. The molecule has 88 valence electrons. The molecule has 1 aromatic heterocycles. The molecule has 1 amide bonds. The van der Waals surface area contributed by atoms with E-state index in [-0.39, 0.29) is 19.1 Å². The molecule has 1 unspecified atom stereocenters. The predicted molar refractivity (Wildman–Crippen MR) is 55.9 cm³/mol. The number of carbonyl (C=O) groups excluding carboxylic acids is 1. The Morgan fingerprint density at radius 2 is 2.62 bits per heavy atom. The lowest BCUT2D eigenvalue weighted by atomic mass is 10.0. The van der Waals surface area contributed by atoms with Gasteiger partial charge in [0, 0.05) is 32.8 Å². The normalized spacial score (nSPS) is 24.6. The van der Waals surface area contributed by atoms with Crippen molar-refractivity contribution in [3.63, 3.8) is 0 Å². The van der Waals surface area contributed by atoms with Gasteiger partial charge in [0.1, 0.15) is 11.3 Å². The van der Waals surface area contributed by atoms with Crippen LogP contribution in [0.2, 0.25) is 0 Å². The fourth-order valence-electron chi connectivity index (χ4n) is 1.67. The third-order valence-electron chi connectivity index (χ3n) is 2.71. The average Bonchev–Trinajstić information content (AvgIpc) is 2.85. The minimum Gasteiger partial charge on any atom is -0.386 e. The molecule has 1 aliphatic rings. The van der Waals surface area contributed by atoms with Crippen LogP contribution in [0.4, 0.5) is 0 Å². The van der Waals surface area contributed by atoms with E-state index in [1.807, 2.05) is 0 Å². The summed E-state index contributed by atoms with van der Waals surface area (Å²) < 4.78 is 6.58. The van der Waals surface area contributed by atoms with E-state index in [0.29, 0.717) is 18.7 Å². The third kappa shape index (κ3) is 2.23. The van der Waals surface area contributed by atoms with Crippen LogP contribution in [0, 0.1) is 0 Å². The lowest BCUT2D eigenvalue weighted by Gasteiger charge is -2.20. The van der Waals surface area contributed by atoms with Gasteiger partial charge in [0.05, 0.1) is 6.61 Å². The molecule has 2 heterocycles. The topological polar surface area (TPSA) is 76.4 Å². The van der Waals surface area contributed by atoms with Gasteiger partial charge < -0.3 is 15.2 Å². The van der Waals surface area contributed by atoms with Crippen LogP contribution in [-0.4, -0.2) is 46.2 Å². The fraction of sp³-hybridized carbons (Fsp3) is 0.600. The highest BCUT2D eigenvalue weighted by atomic mass is 16.5. The number of aromatic nitrogens is 2. The Morgan fingerprint density at radius 3 is 3.19 bits per heavy atom. The molecule has 1 atom stereocenters. The second-order valence-corrected chi connectivity index (χ2v) is 4.05. The zero-order chi connectivity index (χ0) is 11.6. The molecule has 16 heavy (non-hydrogen) atoms. The fourth-order valence-corrected chi connectivity index (χ4v) is 1.67. The summed E-state index contributed by atoms with van der Waals surface area (Å²) in [5.41, 5.74) is -0.448. The maximum Gasteiger partial charge on any atom is 0.269 e. The molecule has 6 heteroatoms. The average molecular weight is 225 g/mol. The molecule has 1 saturated heterocycles. The van der Waals surface area contributed by atoms with E-state index in [1.165, 1.54) is 4.68 Å². The van der Waals surface area contributed by atoms with Gasteiger partial charge in [0.2, 0.25) is 0 Å². The summed E-state index contributed by atoms with van der Waals surface area (Å²) in [6, 6.07) is 1.63. The van der Waals surface area contributed by atoms with E-state index in [0.717, 1.165) is 0 Å². The molecule has 0 aliphatic carbocycles. The standard InChI is InChI=1S/C10H15N3O3/c1-13-8(2-4-12-13)9(14)11-6-10(15)3-5-16-7-10/h2,4,15H,3,5-7H2,1H3,(H,11,14). The first-order valence-corrected chi connectivity index (χ1v) is 5.17. The molecule has 0 spiro atoms. The van der Waals surface area contributed by atoms with Crippen LogP contribution in [0.25, 0.3) is 0 Å². The quantitative estimate of drug-likeness (QED) is 0.713. The lowest BCUT2D eigenvalue weighted by molar-refractivity contribution is 0.0263. The zero-order valence-electron chi connectivity index (χ0n) is 9.14. The Balaban J connectivity index is 1.91. The van der Waals surface area contributed by atoms with Gasteiger partial charge in [-0.2, -0.15) is 5.10 Å². The van der Waals surface area contributed by atoms with Crippen molar-refractivity contribution in [2.24, 2.45) is 7.05 Å². The van der Waals surface area contributed by atoms with Crippen LogP contribution < -0.4 is 5.32 Å². The summed E-state index contributed by atoms with van der Waals surface area (Å²) in [5.74, 6) is -0.236. The van der Waals surface area contributed by atoms with E-state index >= 15 is 0 Å². The van der Waals surface area contributed by atoms with Crippen LogP contribution >= 0.6 is 0 Å². The van der Waals surface area contributed by atoms with Gasteiger partial charge >= 0.3 is 0 Å². The van der Waals surface area contributed by atoms with E-state index in [1.54, 1.807) is 19.3 Å². The number of nitrogens with one attached hydrogen (secondary N) is 1. The smallest absolute Gasteiger partial charge is 0.269 e. The molecule has 0 aromatic carbocycles. The predicted octanol–water partition coefficient (Wildman–Crippen LogP) is -0.699. The number of carbonyl (C=O) groups is 1. The Bertz CT molecular complexity index is 382. The van der Waals surface area contributed by atoms with Crippen molar-refractivity contribution in [1.82, 2.24) is 15.1 Å². The molecule has 1 fully saturated rings. The highest BCUT2D eigenvalue weighted by Gasteiger charge is 2.32. The summed E-state index contributed by atoms with van der Waals surface area (Å²) >= 11 is 0. The summed E-state index contributed by atoms with van der Waals surface area (Å²) in [4.78, 5) is 11.7. The van der Waals surface area contributed by atoms with Crippen molar-refractivity contribution >= 4 is 5.91 Å². The number of aryl methyl sites for hydroxylation is 1. The van der Waals surface area contributed by atoms with Gasteiger partial charge in [-0.15, -0.1) is 0 Å². The van der Waals surface area contributed by atoms with E-state index in [2.05, 4.69) is 10.4 Å². The van der Waals surface area contributed by atoms with Crippen LogP contribution in [0.3, 0.4) is 0 Å². The number of ether oxygens (including phenoxy) is 1. The van der Waals surface area contributed by atoms with Gasteiger partial charge in [-0.1, -0.05) is 0 Å². The summed E-state index contributed by atoms with van der Waals surface area (Å²) in [7, 11) is 1.70. The van der Waals surface area contributed by atoms with E-state index < -0.39 is 5.60 Å². The highest BCUT2D eigenvalue weighted by Crippen LogP contribution is 2.16. The van der Waals surface area contributed by atoms with Gasteiger partial charge in [-0.3, -0.25) is 9.48 Å². The Kier molecular flexibility index (Phi) is 2.93. The van der Waals surface area contributed by atoms with E-state index in [4.69, 9.17) is 4.74 Å². The van der Waals surface area contributed by atoms with Gasteiger partial charge in [-0.05, 0) is 6.07 Å². The SMILES string of the molecule is Cn1nccc1C(=O)NCC1(O)CCOC1. The van der Waals surface area contributed by atoms with Crippen molar-refractivity contribution in [2.75, 3.05) is 19.8 Å². The summed E-state index contributed by atoms with van der Waals surface area (Å²) in [6.45, 7) is 1.02. The molecule has 2 N–H and O–H groups in total. The minimum atomic E-state index is -0.922. The molecule has 6 nitrogen and oxygen atoms in total. The van der Waals surface area contributed by atoms with Crippen LogP contribution in [0.5, 0.6) is 0 Å². The van der Waals surface area contributed by atoms with E-state index in [9.17, 15) is 9.90 Å². The summed E-state index contributed by atoms with van der Waals surface area (Å²) in [6.07, 6.45) is 2.11. The number of hydrogen-bond donors (Lipinski definition) is 2. The lowest BCUT2D eigenvalue weighted by Crippen LogP contribution is -2.43. The first-order chi connectivity index (χ1) is 7.61. The van der Waals surface area contributed by atoms with Crippen LogP contribution in [0.15, 0.2) is 12.3 Å². The molecule has 2 rings (SSSR count). The molecule has 0 saturated carbocycles. The largest absolute Gasteiger partial charge is 0.386 e. The zero-order valence-corrected chi connectivity index (χ0v) is 9.14. The number of aliphatic hydroxyl groups is 1. The van der Waals surface area contributed by atoms with Crippen molar-refractivity contribution < 1.29 is 14.6 Å². The number of nitrogens with zero attached hydrogens (tertiary/aromatic N) is 2. The van der Waals surface area contributed by atoms with Crippen molar-refractivity contribution in [3.05, 3.63) is 18.0 Å². The maximum atomic E-state index is 11.7. The van der Waals surface area contributed by atoms with Gasteiger partial charge in [0.15, 0.2) is 0 Å². The van der Waals surface area contributed by atoms with Crippen LogP contribution in [0.1, 0.15) is 16.9 Å². The molecule has 0 radical (unpaired) electrons. The highest BCUT2D eigenvalue weighted by molar-refractivity contribution is 5.92. The molecular weight excluding hydrogens is 210 g/mol. The summed E-state index contributed by atoms with van der Waals surface area (Å²) in [5, 5.41) is 16.5. The maximum absolute atomic E-state index is 11.7. The van der Waals surface area contributed by atoms with Crippen LogP contribution in [-0.2, 0) is 11.8 Å². The first-order valence-electron chi connectivity index (χ1n) is 5.17. The van der Waals surface area contributed by atoms with Gasteiger partial charge in [0.25, 0.3) is 5.91 Å². The first kappa shape index (κ1) is 11.1. The molecule has 1 aliphatic heterocycles. The molecular formula is C10H15N3O3. The van der Waals surface area contributed by atoms with Crippen molar-refractivity contribution in [2.45, 2.75) is 12.0 Å². The Labute approximate surface area is 93.2 Å². The number of amides is 1. The second-order valence-electron chi connectivity index (χ2n) is 4.05.